The Bertz CT molecular complexity index is 957. The molecule has 0 bridgehead atoms. The zero-order valence-electron chi connectivity index (χ0n) is 21.2. The van der Waals surface area contributed by atoms with Gasteiger partial charge in [0.15, 0.2) is 13.6 Å². The molecule has 7 nitrogen and oxygen atoms in total. The Morgan fingerprint density at radius 1 is 0.971 bits per heavy atom. The van der Waals surface area contributed by atoms with Crippen LogP contribution in [0.5, 0.6) is 5.75 Å². The SMILES string of the molecule is COCOC1=C[C@@]2(C)c3cc(C)cc(OCOC)c3C[C@H](OCOC)[C@@]2(O)[C@]2(C)CC=CC[C@H]12. The Labute approximate surface area is 202 Å². The molecule has 5 atom stereocenters. The fraction of sp³-hybridized carbons (Fsp3) is 0.630. The minimum Gasteiger partial charge on any atom is -0.472 e. The molecule has 0 amide bonds. The number of aliphatic hydroxyl groups is 1. The lowest BCUT2D eigenvalue weighted by Gasteiger charge is -2.65. The summed E-state index contributed by atoms with van der Waals surface area (Å²) < 4.78 is 34.2. The fourth-order valence-electron chi connectivity index (χ4n) is 6.53. The van der Waals surface area contributed by atoms with Crippen LogP contribution < -0.4 is 4.74 Å². The summed E-state index contributed by atoms with van der Waals surface area (Å²) in [6.07, 6.45) is 7.90. The maximum absolute atomic E-state index is 12.9. The first-order chi connectivity index (χ1) is 16.3. The lowest BCUT2D eigenvalue weighted by molar-refractivity contribution is -0.248. The quantitative estimate of drug-likeness (QED) is 0.428. The zero-order valence-corrected chi connectivity index (χ0v) is 21.2. The first-order valence-corrected chi connectivity index (χ1v) is 11.8. The van der Waals surface area contributed by atoms with Crippen LogP contribution in [-0.2, 0) is 35.5 Å². The zero-order chi connectivity index (χ0) is 24.6. The lowest BCUT2D eigenvalue weighted by Crippen LogP contribution is -2.73. The van der Waals surface area contributed by atoms with E-state index >= 15 is 0 Å². The number of ether oxygens (including phenoxy) is 6. The maximum atomic E-state index is 12.9. The lowest BCUT2D eigenvalue weighted by atomic mass is 9.43. The number of hydrogen-bond donors (Lipinski definition) is 1. The largest absolute Gasteiger partial charge is 0.472 e. The van der Waals surface area contributed by atoms with Crippen LogP contribution in [0.15, 0.2) is 36.1 Å². The van der Waals surface area contributed by atoms with Crippen molar-refractivity contribution in [2.75, 3.05) is 41.7 Å². The van der Waals surface area contributed by atoms with E-state index in [0.29, 0.717) is 12.8 Å². The molecule has 1 N–H and O–H groups in total. The summed E-state index contributed by atoms with van der Waals surface area (Å²) in [5.41, 5.74) is 0.496. The van der Waals surface area contributed by atoms with Crippen molar-refractivity contribution in [2.45, 2.75) is 57.2 Å². The topological polar surface area (TPSA) is 75.6 Å². The summed E-state index contributed by atoms with van der Waals surface area (Å²) >= 11 is 0. The van der Waals surface area contributed by atoms with E-state index in [1.807, 2.05) is 13.0 Å². The van der Waals surface area contributed by atoms with Crippen molar-refractivity contribution < 1.29 is 33.5 Å². The van der Waals surface area contributed by atoms with Gasteiger partial charge in [0.25, 0.3) is 0 Å². The average Bonchev–Trinajstić information content (AvgIpc) is 2.82. The highest BCUT2D eigenvalue weighted by Gasteiger charge is 2.70. The van der Waals surface area contributed by atoms with Gasteiger partial charge in [-0.1, -0.05) is 25.1 Å². The van der Waals surface area contributed by atoms with Crippen molar-refractivity contribution in [1.82, 2.24) is 0 Å². The highest BCUT2D eigenvalue weighted by molar-refractivity contribution is 5.56. The molecule has 4 rings (SSSR count). The summed E-state index contributed by atoms with van der Waals surface area (Å²) in [5.74, 6) is 1.59. The molecule has 3 aliphatic rings. The van der Waals surface area contributed by atoms with Crippen LogP contribution in [0.4, 0.5) is 0 Å². The second-order valence-electron chi connectivity index (χ2n) is 10.1. The van der Waals surface area contributed by atoms with E-state index in [2.05, 4.69) is 38.1 Å². The standard InChI is InChI=1S/C27H38O7/c1-18-11-21-19(22(12-18)32-15-29-4)13-24(34-17-31-6)27(28)25(2)10-8-7-9-20(25)23(33-16-30-5)14-26(21,27)3/h7-8,11-12,14,20,24,28H,9-10,13,15-17H2,1-6H3/t20-,24+,25-,26+,27-/m1/s1. The predicted molar refractivity (Wildman–Crippen MR) is 127 cm³/mol. The van der Waals surface area contributed by atoms with E-state index in [0.717, 1.165) is 34.6 Å². The first-order valence-electron chi connectivity index (χ1n) is 11.8. The van der Waals surface area contributed by atoms with Gasteiger partial charge in [0, 0.05) is 50.1 Å². The van der Waals surface area contributed by atoms with Crippen LogP contribution in [0.25, 0.3) is 0 Å². The highest BCUT2D eigenvalue weighted by atomic mass is 16.7. The van der Waals surface area contributed by atoms with E-state index in [4.69, 9.17) is 28.4 Å². The van der Waals surface area contributed by atoms with Gasteiger partial charge in [0.2, 0.25) is 0 Å². The van der Waals surface area contributed by atoms with Crippen LogP contribution in [0.3, 0.4) is 0 Å². The molecule has 0 spiro atoms. The van der Waals surface area contributed by atoms with Gasteiger partial charge in [-0.3, -0.25) is 0 Å². The molecular weight excluding hydrogens is 436 g/mol. The van der Waals surface area contributed by atoms with E-state index in [1.165, 1.54) is 0 Å². The van der Waals surface area contributed by atoms with Crippen LogP contribution in [0.1, 0.15) is 43.4 Å². The Balaban J connectivity index is 1.98. The normalized spacial score (nSPS) is 34.0. The Morgan fingerprint density at radius 3 is 2.38 bits per heavy atom. The number of aryl methyl sites for hydroxylation is 1. The van der Waals surface area contributed by atoms with Crippen LogP contribution in [0, 0.1) is 18.3 Å². The minimum atomic E-state index is -1.23. The van der Waals surface area contributed by atoms with Gasteiger partial charge in [-0.15, -0.1) is 0 Å². The Kier molecular flexibility index (Phi) is 7.14. The van der Waals surface area contributed by atoms with Gasteiger partial charge in [0.05, 0.1) is 6.10 Å². The number of methoxy groups -OCH3 is 3. The van der Waals surface area contributed by atoms with E-state index in [9.17, 15) is 5.11 Å². The summed E-state index contributed by atoms with van der Waals surface area (Å²) in [4.78, 5) is 0. The first kappa shape index (κ1) is 25.2. The predicted octanol–water partition coefficient (Wildman–Crippen LogP) is 4.00. The summed E-state index contributed by atoms with van der Waals surface area (Å²) in [6.45, 7) is 6.68. The van der Waals surface area contributed by atoms with Gasteiger partial charge in [0.1, 0.15) is 23.9 Å². The smallest absolute Gasteiger partial charge is 0.188 e. The van der Waals surface area contributed by atoms with Gasteiger partial charge >= 0.3 is 0 Å². The molecule has 0 heterocycles. The van der Waals surface area contributed by atoms with Crippen LogP contribution in [0.2, 0.25) is 0 Å². The summed E-state index contributed by atoms with van der Waals surface area (Å²) in [6, 6.07) is 4.17. The molecule has 0 aromatic heterocycles. The minimum absolute atomic E-state index is 0.00468. The second kappa shape index (κ2) is 9.63. The number of benzene rings is 1. The molecule has 1 aromatic rings. The van der Waals surface area contributed by atoms with Crippen LogP contribution in [-0.4, -0.2) is 58.5 Å². The van der Waals surface area contributed by atoms with Gasteiger partial charge in [-0.2, -0.15) is 0 Å². The second-order valence-corrected chi connectivity index (χ2v) is 10.1. The third-order valence-electron chi connectivity index (χ3n) is 8.12. The highest BCUT2D eigenvalue weighted by Crippen LogP contribution is 2.65. The van der Waals surface area contributed by atoms with Crippen molar-refractivity contribution in [3.63, 3.8) is 0 Å². The Hall–Kier alpha value is -1.90. The van der Waals surface area contributed by atoms with Crippen molar-refractivity contribution >= 4 is 0 Å². The molecule has 7 heteroatoms. The van der Waals surface area contributed by atoms with Gasteiger partial charge in [-0.25, -0.2) is 0 Å². The monoisotopic (exact) mass is 474 g/mol. The molecule has 3 aliphatic carbocycles. The molecule has 188 valence electrons. The molecule has 0 aliphatic heterocycles. The summed E-state index contributed by atoms with van der Waals surface area (Å²) in [7, 11) is 4.82. The van der Waals surface area contributed by atoms with Crippen molar-refractivity contribution in [3.8, 4) is 5.75 Å². The van der Waals surface area contributed by atoms with Crippen molar-refractivity contribution in [2.24, 2.45) is 11.3 Å². The molecule has 1 aromatic carbocycles. The van der Waals surface area contributed by atoms with Gasteiger partial charge in [-0.05, 0) is 50.0 Å². The van der Waals surface area contributed by atoms with Crippen LogP contribution >= 0.6 is 0 Å². The number of fused-ring (bicyclic) bond motifs is 5. The van der Waals surface area contributed by atoms with E-state index < -0.39 is 22.5 Å². The van der Waals surface area contributed by atoms with Crippen molar-refractivity contribution in [1.29, 1.82) is 0 Å². The molecule has 34 heavy (non-hydrogen) atoms. The molecule has 0 radical (unpaired) electrons. The van der Waals surface area contributed by atoms with Gasteiger partial charge < -0.3 is 33.5 Å². The molecule has 0 saturated heterocycles. The number of rotatable bonds is 9. The van der Waals surface area contributed by atoms with Crippen molar-refractivity contribution in [3.05, 3.63) is 52.8 Å². The molecule has 0 saturated carbocycles. The summed E-state index contributed by atoms with van der Waals surface area (Å²) in [5, 5.41) is 12.9. The third kappa shape index (κ3) is 3.69. The fourth-order valence-corrected chi connectivity index (χ4v) is 6.53. The average molecular weight is 475 g/mol. The molecule has 0 unspecified atom stereocenters. The van der Waals surface area contributed by atoms with E-state index in [-0.39, 0.29) is 26.3 Å². The van der Waals surface area contributed by atoms with E-state index in [1.54, 1.807) is 21.3 Å². The third-order valence-corrected chi connectivity index (χ3v) is 8.12. The molecular formula is C27H38O7. The molecule has 0 fully saturated rings. The Morgan fingerprint density at radius 2 is 1.68 bits per heavy atom. The number of hydrogen-bond acceptors (Lipinski definition) is 7. The number of allylic oxidation sites excluding steroid dienone is 3. The maximum Gasteiger partial charge on any atom is 0.188 e.